The summed E-state index contributed by atoms with van der Waals surface area (Å²) in [6, 6.07) is 11.3. The molecule has 2 rings (SSSR count). The van der Waals surface area contributed by atoms with Crippen molar-refractivity contribution < 1.29 is 24.0 Å². The fourth-order valence-electron chi connectivity index (χ4n) is 1.95. The molecular weight excluding hydrogens is 326 g/mol. The Bertz CT molecular complexity index is 782. The summed E-state index contributed by atoms with van der Waals surface area (Å²) >= 11 is 0. The lowest BCUT2D eigenvalue weighted by molar-refractivity contribution is -0.385. The van der Waals surface area contributed by atoms with Gasteiger partial charge in [0, 0.05) is 6.07 Å². The van der Waals surface area contributed by atoms with Crippen molar-refractivity contribution in [3.05, 3.63) is 69.8 Å². The van der Waals surface area contributed by atoms with Crippen LogP contribution < -0.4 is 4.74 Å². The molecule has 0 amide bonds. The van der Waals surface area contributed by atoms with Gasteiger partial charge < -0.3 is 9.47 Å². The van der Waals surface area contributed by atoms with Gasteiger partial charge >= 0.3 is 11.9 Å². The minimum absolute atomic E-state index is 0.145. The van der Waals surface area contributed by atoms with Crippen LogP contribution in [-0.4, -0.2) is 23.5 Å². The monoisotopic (exact) mass is 343 g/mol. The van der Waals surface area contributed by atoms with Crippen molar-refractivity contribution in [2.75, 3.05) is 6.61 Å². The molecule has 0 N–H and O–H groups in total. The molecule has 130 valence electrons. The molecule has 0 heterocycles. The van der Waals surface area contributed by atoms with Crippen LogP contribution in [0.1, 0.15) is 34.6 Å². The van der Waals surface area contributed by atoms with Crippen LogP contribution >= 0.6 is 0 Å². The van der Waals surface area contributed by atoms with Crippen molar-refractivity contribution >= 4 is 17.6 Å². The third-order valence-corrected chi connectivity index (χ3v) is 3.17. The summed E-state index contributed by atoms with van der Waals surface area (Å²) in [5.74, 6) is -0.915. The van der Waals surface area contributed by atoms with E-state index in [-0.39, 0.29) is 22.9 Å². The van der Waals surface area contributed by atoms with E-state index in [1.165, 1.54) is 48.5 Å². The van der Waals surface area contributed by atoms with E-state index in [2.05, 4.69) is 0 Å². The number of nitrogens with zero attached hydrogens (tertiary/aromatic N) is 1. The highest BCUT2D eigenvalue weighted by Crippen LogP contribution is 2.21. The van der Waals surface area contributed by atoms with E-state index >= 15 is 0 Å². The van der Waals surface area contributed by atoms with Crippen LogP contribution in [0.15, 0.2) is 48.5 Å². The minimum Gasteiger partial charge on any atom is -0.462 e. The fourth-order valence-corrected chi connectivity index (χ4v) is 1.95. The highest BCUT2D eigenvalue weighted by Gasteiger charge is 2.21. The largest absolute Gasteiger partial charge is 0.462 e. The van der Waals surface area contributed by atoms with E-state index in [0.29, 0.717) is 12.2 Å². The Kier molecular flexibility index (Phi) is 5.84. The van der Waals surface area contributed by atoms with Crippen molar-refractivity contribution in [3.63, 3.8) is 0 Å². The van der Waals surface area contributed by atoms with Gasteiger partial charge in [-0.1, -0.05) is 26.0 Å². The number of esters is 2. The molecule has 2 aromatic carbocycles. The summed E-state index contributed by atoms with van der Waals surface area (Å²) in [6.45, 7) is 4.17. The molecule has 0 atom stereocenters. The summed E-state index contributed by atoms with van der Waals surface area (Å²) in [5, 5.41) is 11.0. The molecule has 0 bridgehead atoms. The van der Waals surface area contributed by atoms with Gasteiger partial charge in [0.1, 0.15) is 11.3 Å². The van der Waals surface area contributed by atoms with Gasteiger partial charge in [0.15, 0.2) is 0 Å². The zero-order chi connectivity index (χ0) is 18.4. The predicted octanol–water partition coefficient (Wildman–Crippen LogP) is 3.63. The van der Waals surface area contributed by atoms with Gasteiger partial charge in [-0.25, -0.2) is 9.59 Å². The molecule has 0 aromatic heterocycles. The Hall–Kier alpha value is -3.22. The molecule has 0 aliphatic heterocycles. The number of benzene rings is 2. The molecule has 0 saturated carbocycles. The third-order valence-electron chi connectivity index (χ3n) is 3.17. The van der Waals surface area contributed by atoms with Crippen LogP contribution in [0.3, 0.4) is 0 Å². The lowest BCUT2D eigenvalue weighted by Gasteiger charge is -2.08. The van der Waals surface area contributed by atoms with Crippen LogP contribution in [0.5, 0.6) is 5.75 Å². The van der Waals surface area contributed by atoms with Crippen molar-refractivity contribution in [2.45, 2.75) is 13.8 Å². The first-order valence-corrected chi connectivity index (χ1v) is 7.61. The molecule has 0 aliphatic carbocycles. The van der Waals surface area contributed by atoms with Crippen LogP contribution in [0.2, 0.25) is 0 Å². The first-order valence-electron chi connectivity index (χ1n) is 7.61. The highest BCUT2D eigenvalue weighted by molar-refractivity contribution is 5.95. The maximum Gasteiger partial charge on any atom is 0.350 e. The van der Waals surface area contributed by atoms with E-state index in [1.807, 2.05) is 13.8 Å². The van der Waals surface area contributed by atoms with Crippen LogP contribution in [0.25, 0.3) is 0 Å². The molecule has 7 heteroatoms. The Labute approximate surface area is 144 Å². The zero-order valence-corrected chi connectivity index (χ0v) is 13.8. The number of hydrogen-bond donors (Lipinski definition) is 0. The summed E-state index contributed by atoms with van der Waals surface area (Å²) in [6.07, 6.45) is 0. The zero-order valence-electron chi connectivity index (χ0n) is 13.8. The van der Waals surface area contributed by atoms with E-state index < -0.39 is 16.9 Å². The minimum atomic E-state index is -0.845. The molecule has 0 fully saturated rings. The second-order valence-electron chi connectivity index (χ2n) is 5.68. The van der Waals surface area contributed by atoms with Crippen molar-refractivity contribution in [2.24, 2.45) is 5.92 Å². The molecule has 0 unspecified atom stereocenters. The van der Waals surface area contributed by atoms with Crippen molar-refractivity contribution in [3.8, 4) is 5.75 Å². The van der Waals surface area contributed by atoms with Gasteiger partial charge in [-0.15, -0.1) is 0 Å². The number of carbonyl (C=O) groups excluding carboxylic acids is 2. The summed E-state index contributed by atoms with van der Waals surface area (Å²) in [7, 11) is 0. The smallest absolute Gasteiger partial charge is 0.350 e. The predicted molar refractivity (Wildman–Crippen MR) is 89.6 cm³/mol. The van der Waals surface area contributed by atoms with Gasteiger partial charge in [-0.2, -0.15) is 0 Å². The first kappa shape index (κ1) is 18.1. The summed E-state index contributed by atoms with van der Waals surface area (Å²) in [5.41, 5.74) is -0.152. The van der Waals surface area contributed by atoms with Gasteiger partial charge in [-0.05, 0) is 36.2 Å². The first-order chi connectivity index (χ1) is 11.9. The maximum atomic E-state index is 12.1. The van der Waals surface area contributed by atoms with E-state index in [1.54, 1.807) is 0 Å². The molecule has 25 heavy (non-hydrogen) atoms. The number of ether oxygens (including phenoxy) is 2. The van der Waals surface area contributed by atoms with E-state index in [9.17, 15) is 19.7 Å². The lowest BCUT2D eigenvalue weighted by Crippen LogP contribution is -2.12. The summed E-state index contributed by atoms with van der Waals surface area (Å²) < 4.78 is 10.2. The fraction of sp³-hybridized carbons (Fsp3) is 0.222. The molecule has 0 radical (unpaired) electrons. The average Bonchev–Trinajstić information content (AvgIpc) is 2.60. The van der Waals surface area contributed by atoms with Crippen LogP contribution in [0.4, 0.5) is 5.69 Å². The molecule has 2 aromatic rings. The van der Waals surface area contributed by atoms with Gasteiger partial charge in [0.05, 0.1) is 17.1 Å². The average molecular weight is 343 g/mol. The highest BCUT2D eigenvalue weighted by atomic mass is 16.6. The normalized spacial score (nSPS) is 10.4. The second-order valence-corrected chi connectivity index (χ2v) is 5.68. The topological polar surface area (TPSA) is 95.7 Å². The Morgan fingerprint density at radius 3 is 2.28 bits per heavy atom. The number of nitro benzene ring substituents is 1. The number of nitro groups is 1. The molecular formula is C18H17NO6. The Morgan fingerprint density at radius 1 is 1.04 bits per heavy atom. The number of para-hydroxylation sites is 1. The quantitative estimate of drug-likeness (QED) is 0.344. The van der Waals surface area contributed by atoms with Gasteiger partial charge in [0.2, 0.25) is 0 Å². The molecule has 0 saturated heterocycles. The maximum absolute atomic E-state index is 12.1. The van der Waals surface area contributed by atoms with Crippen LogP contribution in [-0.2, 0) is 4.74 Å². The summed E-state index contributed by atoms with van der Waals surface area (Å²) in [4.78, 5) is 34.2. The van der Waals surface area contributed by atoms with Crippen LogP contribution in [0, 0.1) is 16.0 Å². The van der Waals surface area contributed by atoms with Gasteiger partial charge in [-0.3, -0.25) is 10.1 Å². The van der Waals surface area contributed by atoms with Crippen molar-refractivity contribution in [1.29, 1.82) is 0 Å². The van der Waals surface area contributed by atoms with Crippen molar-refractivity contribution in [1.82, 2.24) is 0 Å². The number of rotatable bonds is 6. The molecule has 0 spiro atoms. The Balaban J connectivity index is 2.08. The SMILES string of the molecule is CC(C)COC(=O)c1ccc(OC(=O)c2ccccc2[N+](=O)[O-])cc1. The third kappa shape index (κ3) is 4.87. The Morgan fingerprint density at radius 2 is 1.68 bits per heavy atom. The van der Waals surface area contributed by atoms with E-state index in [4.69, 9.17) is 9.47 Å². The molecule has 7 nitrogen and oxygen atoms in total. The standard InChI is InChI=1S/C18H17NO6/c1-12(2)11-24-17(20)13-7-9-14(10-8-13)25-18(21)15-5-3-4-6-16(15)19(22)23/h3-10,12H,11H2,1-2H3. The van der Waals surface area contributed by atoms with E-state index in [0.717, 1.165) is 0 Å². The molecule has 0 aliphatic rings. The van der Waals surface area contributed by atoms with Gasteiger partial charge in [0.25, 0.3) is 5.69 Å². The number of carbonyl (C=O) groups is 2. The number of hydrogen-bond acceptors (Lipinski definition) is 6. The second kappa shape index (κ2) is 8.05. The lowest BCUT2D eigenvalue weighted by atomic mass is 10.2.